The number of benzene rings is 1. The Hall–Kier alpha value is -2.43. The highest BCUT2D eigenvalue weighted by Crippen LogP contribution is 2.07. The maximum atomic E-state index is 10.8. The van der Waals surface area contributed by atoms with Crippen LogP contribution in [0.25, 0.3) is 0 Å². The van der Waals surface area contributed by atoms with Crippen molar-refractivity contribution in [3.05, 3.63) is 53.9 Å². The van der Waals surface area contributed by atoms with E-state index >= 15 is 0 Å². The summed E-state index contributed by atoms with van der Waals surface area (Å²) in [5, 5.41) is 11.9. The Kier molecular flexibility index (Phi) is 3.30. The molecule has 0 saturated carbocycles. The van der Waals surface area contributed by atoms with Crippen molar-refractivity contribution < 1.29 is 9.90 Å². The van der Waals surface area contributed by atoms with E-state index in [4.69, 9.17) is 5.11 Å². The molecule has 2 rings (SSSR count). The summed E-state index contributed by atoms with van der Waals surface area (Å²) in [7, 11) is 0. The van der Waals surface area contributed by atoms with Crippen molar-refractivity contribution in [1.82, 2.24) is 9.97 Å². The van der Waals surface area contributed by atoms with Crippen molar-refractivity contribution in [3.8, 4) is 0 Å². The largest absolute Gasteiger partial charge is 0.478 e. The van der Waals surface area contributed by atoms with E-state index in [2.05, 4.69) is 15.3 Å². The summed E-state index contributed by atoms with van der Waals surface area (Å²) in [6.45, 7) is 0.491. The van der Waals surface area contributed by atoms with Gasteiger partial charge in [-0.1, -0.05) is 12.1 Å². The van der Waals surface area contributed by atoms with Gasteiger partial charge in [0, 0.05) is 18.9 Å². The summed E-state index contributed by atoms with van der Waals surface area (Å²) < 4.78 is 0. The van der Waals surface area contributed by atoms with E-state index in [0.717, 1.165) is 5.56 Å². The molecule has 0 aliphatic rings. The second kappa shape index (κ2) is 5.07. The number of nitrogens with zero attached hydrogens (tertiary/aromatic N) is 2. The Morgan fingerprint density at radius 2 is 2.00 bits per heavy atom. The molecule has 0 fully saturated rings. The van der Waals surface area contributed by atoms with Crippen LogP contribution in [-0.4, -0.2) is 21.0 Å². The molecule has 0 radical (unpaired) electrons. The number of carboxylic acid groups (broad SMARTS) is 1. The number of anilines is 1. The fourth-order valence-corrected chi connectivity index (χ4v) is 1.39. The monoisotopic (exact) mass is 229 g/mol. The van der Waals surface area contributed by atoms with Crippen molar-refractivity contribution in [2.75, 3.05) is 5.32 Å². The molecule has 86 valence electrons. The van der Waals surface area contributed by atoms with Gasteiger partial charge in [0.2, 0.25) is 5.95 Å². The van der Waals surface area contributed by atoms with Crippen molar-refractivity contribution >= 4 is 11.9 Å². The van der Waals surface area contributed by atoms with Gasteiger partial charge >= 0.3 is 5.97 Å². The fourth-order valence-electron chi connectivity index (χ4n) is 1.39. The molecule has 2 N–H and O–H groups in total. The van der Waals surface area contributed by atoms with Crippen molar-refractivity contribution in [3.63, 3.8) is 0 Å². The van der Waals surface area contributed by atoms with Crippen LogP contribution >= 0.6 is 0 Å². The molecule has 0 atom stereocenters. The average molecular weight is 229 g/mol. The van der Waals surface area contributed by atoms with Crippen LogP contribution in [0.15, 0.2) is 42.7 Å². The molecule has 1 heterocycles. The summed E-state index contributed by atoms with van der Waals surface area (Å²) in [6, 6.07) is 8.48. The number of aromatic nitrogens is 2. The second-order valence-electron chi connectivity index (χ2n) is 3.43. The van der Waals surface area contributed by atoms with Crippen LogP contribution in [0.3, 0.4) is 0 Å². The first-order chi connectivity index (χ1) is 8.25. The third-order valence-corrected chi connectivity index (χ3v) is 2.19. The SMILES string of the molecule is O=C(O)c1cccc(CNc2ncccn2)c1. The Labute approximate surface area is 98.2 Å². The highest BCUT2D eigenvalue weighted by molar-refractivity contribution is 5.87. The lowest BCUT2D eigenvalue weighted by Crippen LogP contribution is -2.04. The summed E-state index contributed by atoms with van der Waals surface area (Å²) in [5.41, 5.74) is 1.15. The molecule has 1 aromatic heterocycles. The molecule has 0 amide bonds. The van der Waals surface area contributed by atoms with E-state index in [-0.39, 0.29) is 5.56 Å². The molecule has 2 aromatic rings. The van der Waals surface area contributed by atoms with Gasteiger partial charge in [0.1, 0.15) is 0 Å². The maximum absolute atomic E-state index is 10.8. The van der Waals surface area contributed by atoms with E-state index in [1.165, 1.54) is 0 Å². The van der Waals surface area contributed by atoms with Gasteiger partial charge in [-0.2, -0.15) is 0 Å². The average Bonchev–Trinajstić information content (AvgIpc) is 2.38. The normalized spacial score (nSPS) is 9.88. The quantitative estimate of drug-likeness (QED) is 0.835. The van der Waals surface area contributed by atoms with E-state index in [0.29, 0.717) is 12.5 Å². The third-order valence-electron chi connectivity index (χ3n) is 2.19. The highest BCUT2D eigenvalue weighted by Gasteiger charge is 2.03. The van der Waals surface area contributed by atoms with Gasteiger partial charge in [-0.05, 0) is 23.8 Å². The van der Waals surface area contributed by atoms with Crippen LogP contribution < -0.4 is 5.32 Å². The molecular weight excluding hydrogens is 218 g/mol. The van der Waals surface area contributed by atoms with Gasteiger partial charge in [0.15, 0.2) is 0 Å². The topological polar surface area (TPSA) is 75.1 Å². The van der Waals surface area contributed by atoms with Gasteiger partial charge < -0.3 is 10.4 Å². The lowest BCUT2D eigenvalue weighted by molar-refractivity contribution is 0.0697. The molecule has 1 aromatic carbocycles. The smallest absolute Gasteiger partial charge is 0.335 e. The Morgan fingerprint density at radius 1 is 1.24 bits per heavy atom. The lowest BCUT2D eigenvalue weighted by atomic mass is 10.1. The minimum absolute atomic E-state index is 0.276. The van der Waals surface area contributed by atoms with E-state index in [1.54, 1.807) is 36.7 Å². The zero-order chi connectivity index (χ0) is 12.1. The molecular formula is C12H11N3O2. The summed E-state index contributed by atoms with van der Waals surface area (Å²) in [6.07, 6.45) is 3.28. The van der Waals surface area contributed by atoms with E-state index in [1.807, 2.05) is 6.07 Å². The molecule has 0 aliphatic heterocycles. The van der Waals surface area contributed by atoms with Crippen molar-refractivity contribution in [2.45, 2.75) is 6.54 Å². The number of carbonyl (C=O) groups is 1. The predicted molar refractivity (Wildman–Crippen MR) is 62.8 cm³/mol. The van der Waals surface area contributed by atoms with Crippen molar-refractivity contribution in [2.24, 2.45) is 0 Å². The van der Waals surface area contributed by atoms with Crippen LogP contribution in [0.4, 0.5) is 5.95 Å². The number of carboxylic acids is 1. The van der Waals surface area contributed by atoms with Crippen LogP contribution in [-0.2, 0) is 6.54 Å². The van der Waals surface area contributed by atoms with Gasteiger partial charge in [0.25, 0.3) is 0 Å². The zero-order valence-electron chi connectivity index (χ0n) is 9.00. The van der Waals surface area contributed by atoms with Gasteiger partial charge in [-0.25, -0.2) is 14.8 Å². The van der Waals surface area contributed by atoms with Crippen LogP contribution in [0.5, 0.6) is 0 Å². The first kappa shape index (κ1) is 11.1. The van der Waals surface area contributed by atoms with E-state index in [9.17, 15) is 4.79 Å². The summed E-state index contributed by atoms with van der Waals surface area (Å²) in [5.74, 6) is -0.406. The lowest BCUT2D eigenvalue weighted by Gasteiger charge is -2.04. The predicted octanol–water partition coefficient (Wildman–Crippen LogP) is 1.79. The molecule has 0 saturated heterocycles. The van der Waals surface area contributed by atoms with Crippen LogP contribution in [0.1, 0.15) is 15.9 Å². The first-order valence-corrected chi connectivity index (χ1v) is 5.09. The Balaban J connectivity index is 2.04. The molecule has 0 bridgehead atoms. The minimum Gasteiger partial charge on any atom is -0.478 e. The van der Waals surface area contributed by atoms with Crippen LogP contribution in [0, 0.1) is 0 Å². The Bertz CT molecular complexity index is 514. The number of hydrogen-bond donors (Lipinski definition) is 2. The number of hydrogen-bond acceptors (Lipinski definition) is 4. The third kappa shape index (κ3) is 3.01. The summed E-state index contributed by atoms with van der Waals surface area (Å²) in [4.78, 5) is 18.8. The molecule has 17 heavy (non-hydrogen) atoms. The Morgan fingerprint density at radius 3 is 2.71 bits per heavy atom. The zero-order valence-corrected chi connectivity index (χ0v) is 9.00. The standard InChI is InChI=1S/C12H11N3O2/c16-11(17)10-4-1-3-9(7-10)8-15-12-13-5-2-6-14-12/h1-7H,8H2,(H,16,17)(H,13,14,15). The second-order valence-corrected chi connectivity index (χ2v) is 3.43. The van der Waals surface area contributed by atoms with Gasteiger partial charge in [-0.15, -0.1) is 0 Å². The highest BCUT2D eigenvalue weighted by atomic mass is 16.4. The van der Waals surface area contributed by atoms with E-state index < -0.39 is 5.97 Å². The summed E-state index contributed by atoms with van der Waals surface area (Å²) >= 11 is 0. The molecule has 5 nitrogen and oxygen atoms in total. The molecule has 0 spiro atoms. The molecule has 5 heteroatoms. The van der Waals surface area contributed by atoms with Gasteiger partial charge in [0.05, 0.1) is 5.56 Å². The molecule has 0 aliphatic carbocycles. The van der Waals surface area contributed by atoms with Crippen molar-refractivity contribution in [1.29, 1.82) is 0 Å². The maximum Gasteiger partial charge on any atom is 0.335 e. The number of rotatable bonds is 4. The molecule has 0 unspecified atom stereocenters. The first-order valence-electron chi connectivity index (χ1n) is 5.09. The fraction of sp³-hybridized carbons (Fsp3) is 0.0833. The minimum atomic E-state index is -0.928. The van der Waals surface area contributed by atoms with Crippen LogP contribution in [0.2, 0.25) is 0 Å². The number of nitrogens with one attached hydrogen (secondary N) is 1. The number of aromatic carboxylic acids is 1. The van der Waals surface area contributed by atoms with Gasteiger partial charge in [-0.3, -0.25) is 0 Å².